The first-order chi connectivity index (χ1) is 12.3. The SMILES string of the molecule is O=C(CCCOc1ccccc1[N+](=O)[O-])Nc1ccccc1C(F)(F)F. The second kappa shape index (κ2) is 8.32. The topological polar surface area (TPSA) is 81.5 Å². The number of ether oxygens (including phenoxy) is 1. The molecule has 0 radical (unpaired) electrons. The van der Waals surface area contributed by atoms with Crippen LogP contribution in [0.2, 0.25) is 0 Å². The van der Waals surface area contributed by atoms with Crippen molar-refractivity contribution in [2.45, 2.75) is 19.0 Å². The van der Waals surface area contributed by atoms with Crippen molar-refractivity contribution in [2.75, 3.05) is 11.9 Å². The number of rotatable bonds is 7. The summed E-state index contributed by atoms with van der Waals surface area (Å²) in [6, 6.07) is 10.5. The van der Waals surface area contributed by atoms with Crippen molar-refractivity contribution in [3.05, 3.63) is 64.2 Å². The molecule has 0 fully saturated rings. The lowest BCUT2D eigenvalue weighted by Gasteiger charge is -2.13. The van der Waals surface area contributed by atoms with Crippen LogP contribution in [0.25, 0.3) is 0 Å². The summed E-state index contributed by atoms with van der Waals surface area (Å²) in [5.74, 6) is -0.534. The maximum atomic E-state index is 12.9. The van der Waals surface area contributed by atoms with Crippen LogP contribution in [0.1, 0.15) is 18.4 Å². The molecular weight excluding hydrogens is 353 g/mol. The second-order valence-corrected chi connectivity index (χ2v) is 5.27. The highest BCUT2D eigenvalue weighted by molar-refractivity contribution is 5.91. The molecule has 0 saturated carbocycles. The predicted molar refractivity (Wildman–Crippen MR) is 87.9 cm³/mol. The van der Waals surface area contributed by atoms with Crippen molar-refractivity contribution in [3.8, 4) is 5.75 Å². The molecule has 1 N–H and O–H groups in total. The Morgan fingerprint density at radius 3 is 2.46 bits per heavy atom. The maximum Gasteiger partial charge on any atom is 0.418 e. The summed E-state index contributed by atoms with van der Waals surface area (Å²) in [4.78, 5) is 22.1. The lowest BCUT2D eigenvalue weighted by molar-refractivity contribution is -0.385. The molecule has 1 amide bonds. The number of amides is 1. The van der Waals surface area contributed by atoms with Crippen molar-refractivity contribution >= 4 is 17.3 Å². The van der Waals surface area contributed by atoms with Crippen LogP contribution in [0.5, 0.6) is 5.75 Å². The molecule has 0 aliphatic heterocycles. The van der Waals surface area contributed by atoms with Gasteiger partial charge in [0.15, 0.2) is 5.75 Å². The Morgan fingerprint density at radius 2 is 1.77 bits per heavy atom. The van der Waals surface area contributed by atoms with Gasteiger partial charge in [0, 0.05) is 12.5 Å². The van der Waals surface area contributed by atoms with E-state index in [4.69, 9.17) is 4.74 Å². The van der Waals surface area contributed by atoms with Crippen LogP contribution in [0.3, 0.4) is 0 Å². The van der Waals surface area contributed by atoms with Crippen molar-refractivity contribution < 1.29 is 27.6 Å². The Balaban J connectivity index is 1.87. The van der Waals surface area contributed by atoms with Crippen molar-refractivity contribution in [2.24, 2.45) is 0 Å². The molecule has 26 heavy (non-hydrogen) atoms. The number of benzene rings is 2. The Kier molecular flexibility index (Phi) is 6.16. The van der Waals surface area contributed by atoms with E-state index in [0.29, 0.717) is 0 Å². The van der Waals surface area contributed by atoms with E-state index in [1.807, 2.05) is 0 Å². The fourth-order valence-electron chi connectivity index (χ4n) is 2.20. The van der Waals surface area contributed by atoms with Gasteiger partial charge in [-0.15, -0.1) is 0 Å². The number of anilines is 1. The second-order valence-electron chi connectivity index (χ2n) is 5.27. The number of nitro groups is 1. The minimum Gasteiger partial charge on any atom is -0.487 e. The van der Waals surface area contributed by atoms with Crippen LogP contribution in [0.4, 0.5) is 24.5 Å². The minimum atomic E-state index is -4.57. The van der Waals surface area contributed by atoms with E-state index in [9.17, 15) is 28.1 Å². The molecule has 0 aromatic heterocycles. The van der Waals surface area contributed by atoms with Gasteiger partial charge in [0.2, 0.25) is 5.91 Å². The molecule has 2 aromatic rings. The molecule has 0 atom stereocenters. The number of carbonyl (C=O) groups is 1. The van der Waals surface area contributed by atoms with Crippen LogP contribution in [0, 0.1) is 10.1 Å². The third kappa shape index (κ3) is 5.20. The van der Waals surface area contributed by atoms with Crippen LogP contribution in [-0.2, 0) is 11.0 Å². The van der Waals surface area contributed by atoms with Gasteiger partial charge < -0.3 is 10.1 Å². The molecule has 138 valence electrons. The lowest BCUT2D eigenvalue weighted by atomic mass is 10.1. The van der Waals surface area contributed by atoms with E-state index in [2.05, 4.69) is 5.32 Å². The number of halogens is 3. The van der Waals surface area contributed by atoms with Crippen LogP contribution in [0.15, 0.2) is 48.5 Å². The smallest absolute Gasteiger partial charge is 0.418 e. The molecule has 2 rings (SSSR count). The fourth-order valence-corrected chi connectivity index (χ4v) is 2.20. The molecule has 2 aromatic carbocycles. The molecular formula is C17H15F3N2O4. The summed E-state index contributed by atoms with van der Waals surface area (Å²) in [5, 5.41) is 13.1. The van der Waals surface area contributed by atoms with Gasteiger partial charge in [0.05, 0.1) is 22.8 Å². The molecule has 0 spiro atoms. The largest absolute Gasteiger partial charge is 0.487 e. The normalized spacial score (nSPS) is 11.0. The maximum absolute atomic E-state index is 12.9. The van der Waals surface area contributed by atoms with Crippen molar-refractivity contribution in [1.82, 2.24) is 0 Å². The van der Waals surface area contributed by atoms with Gasteiger partial charge in [-0.3, -0.25) is 14.9 Å². The van der Waals surface area contributed by atoms with E-state index in [1.165, 1.54) is 36.4 Å². The quantitative estimate of drug-likeness (QED) is 0.446. The highest BCUT2D eigenvalue weighted by Crippen LogP contribution is 2.34. The van der Waals surface area contributed by atoms with Crippen molar-refractivity contribution in [3.63, 3.8) is 0 Å². The van der Waals surface area contributed by atoms with Crippen molar-refractivity contribution in [1.29, 1.82) is 0 Å². The third-order valence-corrected chi connectivity index (χ3v) is 3.37. The van der Waals surface area contributed by atoms with E-state index >= 15 is 0 Å². The highest BCUT2D eigenvalue weighted by atomic mass is 19.4. The van der Waals surface area contributed by atoms with E-state index in [0.717, 1.165) is 6.07 Å². The Morgan fingerprint density at radius 1 is 1.12 bits per heavy atom. The van der Waals surface area contributed by atoms with E-state index in [-0.39, 0.29) is 36.6 Å². The summed E-state index contributed by atoms with van der Waals surface area (Å²) in [7, 11) is 0. The summed E-state index contributed by atoms with van der Waals surface area (Å²) in [5.41, 5.74) is -1.44. The van der Waals surface area contributed by atoms with Crippen LogP contribution >= 0.6 is 0 Å². The summed E-state index contributed by atoms with van der Waals surface area (Å²) in [6.07, 6.45) is -4.47. The number of nitrogens with zero attached hydrogens (tertiary/aromatic N) is 1. The number of para-hydroxylation sites is 3. The lowest BCUT2D eigenvalue weighted by Crippen LogP contribution is -2.17. The van der Waals surface area contributed by atoms with Gasteiger partial charge in [-0.05, 0) is 24.6 Å². The first-order valence-corrected chi connectivity index (χ1v) is 7.61. The van der Waals surface area contributed by atoms with Gasteiger partial charge >= 0.3 is 11.9 Å². The summed E-state index contributed by atoms with van der Waals surface area (Å²) >= 11 is 0. The molecule has 9 heteroatoms. The van der Waals surface area contributed by atoms with E-state index in [1.54, 1.807) is 6.07 Å². The number of hydrogen-bond donors (Lipinski definition) is 1. The standard InChI is InChI=1S/C17H15F3N2O4/c18-17(19,20)12-6-1-2-7-13(12)21-16(23)10-5-11-26-15-9-4-3-8-14(15)22(24)25/h1-4,6-9H,5,10-11H2,(H,21,23). The van der Waals surface area contributed by atoms with E-state index < -0.39 is 22.6 Å². The monoisotopic (exact) mass is 368 g/mol. The Hall–Kier alpha value is -3.10. The number of hydrogen-bond acceptors (Lipinski definition) is 4. The molecule has 6 nitrogen and oxygen atoms in total. The molecule has 0 unspecified atom stereocenters. The molecule has 0 aliphatic carbocycles. The average molecular weight is 368 g/mol. The zero-order valence-electron chi connectivity index (χ0n) is 13.5. The molecule has 0 heterocycles. The van der Waals surface area contributed by atoms with Crippen LogP contribution in [-0.4, -0.2) is 17.4 Å². The average Bonchev–Trinajstić information content (AvgIpc) is 2.58. The first-order valence-electron chi connectivity index (χ1n) is 7.61. The number of alkyl halides is 3. The van der Waals surface area contributed by atoms with Crippen LogP contribution < -0.4 is 10.1 Å². The molecule has 0 bridgehead atoms. The third-order valence-electron chi connectivity index (χ3n) is 3.37. The van der Waals surface area contributed by atoms with Gasteiger partial charge in [0.1, 0.15) is 0 Å². The summed E-state index contributed by atoms with van der Waals surface area (Å²) in [6.45, 7) is 0.0131. The zero-order chi connectivity index (χ0) is 19.2. The van der Waals surface area contributed by atoms with Gasteiger partial charge in [-0.1, -0.05) is 24.3 Å². The number of carbonyl (C=O) groups excluding carboxylic acids is 1. The Labute approximate surface area is 146 Å². The van der Waals surface area contributed by atoms with Gasteiger partial charge in [-0.25, -0.2) is 0 Å². The fraction of sp³-hybridized carbons (Fsp3) is 0.235. The molecule has 0 saturated heterocycles. The number of nitrogens with one attached hydrogen (secondary N) is 1. The van der Waals surface area contributed by atoms with Gasteiger partial charge in [0.25, 0.3) is 0 Å². The van der Waals surface area contributed by atoms with Gasteiger partial charge in [-0.2, -0.15) is 13.2 Å². The Bertz CT molecular complexity index is 794. The summed E-state index contributed by atoms with van der Waals surface area (Å²) < 4.78 is 43.9. The molecule has 0 aliphatic rings. The minimum absolute atomic E-state index is 0.0131. The zero-order valence-corrected chi connectivity index (χ0v) is 13.5. The number of nitro benzene ring substituents is 1. The first kappa shape index (κ1) is 19.2. The predicted octanol–water partition coefficient (Wildman–Crippen LogP) is 4.41. The highest BCUT2D eigenvalue weighted by Gasteiger charge is 2.33.